The zero-order valence-electron chi connectivity index (χ0n) is 8.00. The van der Waals surface area contributed by atoms with Crippen molar-refractivity contribution in [3.05, 3.63) is 17.4 Å². The Morgan fingerprint density at radius 3 is 3.00 bits per heavy atom. The molecule has 0 bridgehead atoms. The lowest BCUT2D eigenvalue weighted by molar-refractivity contribution is -0.121. The Morgan fingerprint density at radius 1 is 1.80 bits per heavy atom. The molecule has 1 saturated carbocycles. The molecule has 6 heteroatoms. The van der Waals surface area contributed by atoms with Crippen LogP contribution in [0.3, 0.4) is 0 Å². The van der Waals surface area contributed by atoms with Crippen LogP contribution in [-0.4, -0.2) is 22.0 Å². The first kappa shape index (κ1) is 10.3. The molecule has 1 N–H and O–H groups in total. The van der Waals surface area contributed by atoms with Gasteiger partial charge in [-0.2, -0.15) is 0 Å². The van der Waals surface area contributed by atoms with Crippen LogP contribution in [0.25, 0.3) is 0 Å². The van der Waals surface area contributed by atoms with Gasteiger partial charge in [0.05, 0.1) is 5.41 Å². The van der Waals surface area contributed by atoms with Gasteiger partial charge in [-0.1, -0.05) is 11.6 Å². The third-order valence-corrected chi connectivity index (χ3v) is 2.71. The van der Waals surface area contributed by atoms with Gasteiger partial charge < -0.3 is 0 Å². The van der Waals surface area contributed by atoms with Crippen molar-refractivity contribution in [3.8, 4) is 0 Å². The van der Waals surface area contributed by atoms with Crippen molar-refractivity contribution in [1.82, 2.24) is 9.97 Å². The van der Waals surface area contributed by atoms with E-state index in [0.29, 0.717) is 0 Å². The molecule has 2 unspecified atom stereocenters. The van der Waals surface area contributed by atoms with E-state index in [4.69, 9.17) is 11.6 Å². The lowest BCUT2D eigenvalue weighted by Crippen LogP contribution is -2.24. The Hall–Kier alpha value is -1.23. The Balaban J connectivity index is 2.07. The maximum Gasteiger partial charge on any atom is 0.235 e. The topological polar surface area (TPSA) is 54.9 Å². The van der Waals surface area contributed by atoms with E-state index in [-0.39, 0.29) is 17.5 Å². The van der Waals surface area contributed by atoms with Gasteiger partial charge >= 0.3 is 0 Å². The van der Waals surface area contributed by atoms with Gasteiger partial charge in [0, 0.05) is 6.20 Å². The second-order valence-corrected chi connectivity index (χ2v) is 4.13. The number of anilines is 1. The summed E-state index contributed by atoms with van der Waals surface area (Å²) in [5.41, 5.74) is -0.925. The molecule has 0 radical (unpaired) electrons. The maximum absolute atomic E-state index is 12.9. The predicted molar refractivity (Wildman–Crippen MR) is 53.3 cm³/mol. The summed E-state index contributed by atoms with van der Waals surface area (Å²) in [5, 5.41) is 2.66. The third-order valence-electron chi connectivity index (χ3n) is 2.50. The first-order chi connectivity index (χ1) is 7.02. The van der Waals surface area contributed by atoms with Gasteiger partial charge in [-0.3, -0.25) is 10.1 Å². The average Bonchev–Trinajstić information content (AvgIpc) is 2.76. The van der Waals surface area contributed by atoms with Crippen molar-refractivity contribution in [1.29, 1.82) is 0 Å². The number of nitrogens with one attached hydrogen (secondary N) is 1. The van der Waals surface area contributed by atoms with E-state index < -0.39 is 17.5 Å². The van der Waals surface area contributed by atoms with Gasteiger partial charge in [-0.15, -0.1) is 0 Å². The SMILES string of the molecule is CC1(C(=O)Nc2nccc(Cl)n2)CC1F. The number of amides is 1. The number of hydrogen-bond donors (Lipinski definition) is 1. The Labute approximate surface area is 90.9 Å². The molecule has 2 rings (SSSR count). The zero-order valence-corrected chi connectivity index (χ0v) is 8.75. The fourth-order valence-electron chi connectivity index (χ4n) is 1.19. The Bertz CT molecular complexity index is 414. The molecule has 0 aliphatic heterocycles. The fraction of sp³-hybridized carbons (Fsp3) is 0.444. The number of rotatable bonds is 2. The Morgan fingerprint density at radius 2 is 2.47 bits per heavy atom. The normalized spacial score (nSPS) is 28.6. The lowest BCUT2D eigenvalue weighted by atomic mass is 10.1. The summed E-state index contributed by atoms with van der Waals surface area (Å²) in [6.07, 6.45) is 0.601. The summed E-state index contributed by atoms with van der Waals surface area (Å²) in [6.45, 7) is 1.57. The minimum Gasteiger partial charge on any atom is -0.294 e. The van der Waals surface area contributed by atoms with Crippen LogP contribution in [0.5, 0.6) is 0 Å². The summed E-state index contributed by atoms with van der Waals surface area (Å²) in [5.74, 6) is -0.301. The largest absolute Gasteiger partial charge is 0.294 e. The molecule has 2 atom stereocenters. The van der Waals surface area contributed by atoms with E-state index in [9.17, 15) is 9.18 Å². The molecule has 1 heterocycles. The number of halogens is 2. The minimum absolute atomic E-state index is 0.104. The van der Waals surface area contributed by atoms with Crippen molar-refractivity contribution >= 4 is 23.5 Å². The van der Waals surface area contributed by atoms with E-state index >= 15 is 0 Å². The van der Waals surface area contributed by atoms with Gasteiger partial charge in [0.1, 0.15) is 11.3 Å². The molecule has 4 nitrogen and oxygen atoms in total. The summed E-state index contributed by atoms with van der Waals surface area (Å²) in [6, 6.07) is 1.49. The van der Waals surface area contributed by atoms with Crippen LogP contribution in [0.1, 0.15) is 13.3 Å². The molecule has 80 valence electrons. The molecule has 1 aromatic rings. The summed E-state index contributed by atoms with van der Waals surface area (Å²) >= 11 is 5.61. The average molecular weight is 230 g/mol. The highest BCUT2D eigenvalue weighted by Crippen LogP contribution is 2.48. The molecule has 0 spiro atoms. The predicted octanol–water partition coefficient (Wildman–Crippen LogP) is 1.82. The lowest BCUT2D eigenvalue weighted by Gasteiger charge is -2.08. The molecule has 15 heavy (non-hydrogen) atoms. The smallest absolute Gasteiger partial charge is 0.235 e. The van der Waals surface area contributed by atoms with Gasteiger partial charge in [0.15, 0.2) is 0 Å². The number of hydrogen-bond acceptors (Lipinski definition) is 3. The molecule has 1 aliphatic carbocycles. The molecule has 1 fully saturated rings. The van der Waals surface area contributed by atoms with Crippen LogP contribution in [0.15, 0.2) is 12.3 Å². The van der Waals surface area contributed by atoms with Crippen LogP contribution in [-0.2, 0) is 4.79 Å². The molecular formula is C9H9ClFN3O. The fourth-order valence-corrected chi connectivity index (χ4v) is 1.33. The maximum atomic E-state index is 12.9. The first-order valence-corrected chi connectivity index (χ1v) is 4.84. The van der Waals surface area contributed by atoms with Gasteiger partial charge in [0.25, 0.3) is 0 Å². The van der Waals surface area contributed by atoms with Gasteiger partial charge in [-0.25, -0.2) is 14.4 Å². The molecule has 1 aromatic heterocycles. The summed E-state index contributed by atoms with van der Waals surface area (Å²) < 4.78 is 12.9. The van der Waals surface area contributed by atoms with Crippen molar-refractivity contribution in [2.75, 3.05) is 5.32 Å². The monoisotopic (exact) mass is 229 g/mol. The quantitative estimate of drug-likeness (QED) is 0.787. The molecule has 0 aromatic carbocycles. The Kier molecular flexibility index (Phi) is 2.34. The highest BCUT2D eigenvalue weighted by Gasteiger charge is 2.57. The van der Waals surface area contributed by atoms with E-state index in [1.807, 2.05) is 0 Å². The number of aromatic nitrogens is 2. The van der Waals surface area contributed by atoms with Crippen molar-refractivity contribution < 1.29 is 9.18 Å². The highest BCUT2D eigenvalue weighted by molar-refractivity contribution is 6.29. The standard InChI is InChI=1S/C9H9ClFN3O/c1-9(4-5(9)11)7(15)14-8-12-3-2-6(10)13-8/h2-3,5H,4H2,1H3,(H,12,13,14,15). The van der Waals surface area contributed by atoms with Crippen LogP contribution in [0.2, 0.25) is 5.15 Å². The summed E-state index contributed by atoms with van der Waals surface area (Å²) in [7, 11) is 0. The third kappa shape index (κ3) is 1.92. The summed E-state index contributed by atoms with van der Waals surface area (Å²) in [4.78, 5) is 19.1. The first-order valence-electron chi connectivity index (χ1n) is 4.46. The second kappa shape index (κ2) is 3.41. The van der Waals surface area contributed by atoms with Crippen molar-refractivity contribution in [2.45, 2.75) is 19.5 Å². The second-order valence-electron chi connectivity index (χ2n) is 3.75. The number of nitrogens with zero attached hydrogens (tertiary/aromatic N) is 2. The minimum atomic E-state index is -1.07. The molecule has 0 saturated heterocycles. The molecule has 1 amide bonds. The zero-order chi connectivity index (χ0) is 11.1. The number of carbonyl (C=O) groups is 1. The molecular weight excluding hydrogens is 221 g/mol. The van der Waals surface area contributed by atoms with E-state index in [1.54, 1.807) is 6.92 Å². The molecule has 1 aliphatic rings. The number of alkyl halides is 1. The van der Waals surface area contributed by atoms with Crippen LogP contribution < -0.4 is 5.32 Å². The van der Waals surface area contributed by atoms with Crippen LogP contribution in [0, 0.1) is 5.41 Å². The van der Waals surface area contributed by atoms with Crippen molar-refractivity contribution in [2.24, 2.45) is 5.41 Å². The van der Waals surface area contributed by atoms with Crippen LogP contribution >= 0.6 is 11.6 Å². The van der Waals surface area contributed by atoms with E-state index in [0.717, 1.165) is 0 Å². The van der Waals surface area contributed by atoms with E-state index in [2.05, 4.69) is 15.3 Å². The van der Waals surface area contributed by atoms with Crippen LogP contribution in [0.4, 0.5) is 10.3 Å². The van der Waals surface area contributed by atoms with Crippen molar-refractivity contribution in [3.63, 3.8) is 0 Å². The van der Waals surface area contributed by atoms with Gasteiger partial charge in [-0.05, 0) is 19.4 Å². The number of carbonyl (C=O) groups excluding carboxylic acids is 1. The van der Waals surface area contributed by atoms with E-state index in [1.165, 1.54) is 12.3 Å². The van der Waals surface area contributed by atoms with Gasteiger partial charge in [0.2, 0.25) is 11.9 Å². The highest BCUT2D eigenvalue weighted by atomic mass is 35.5.